The fourth-order valence-electron chi connectivity index (χ4n) is 6.79. The van der Waals surface area contributed by atoms with Gasteiger partial charge in [-0.25, -0.2) is 0 Å². The molecule has 2 aliphatic rings. The van der Waals surface area contributed by atoms with E-state index in [2.05, 4.69) is 42.5 Å². The number of benzene rings is 1. The molecule has 4 atom stereocenters. The fraction of sp³-hybridized carbons (Fsp3) is 0.700. The SMILES string of the molecule is NCCC1C(CCCC=CCCC2CCCCC2)CCC(Cc2ccccc2)C1CC(=O)O. The van der Waals surface area contributed by atoms with Crippen molar-refractivity contribution in [3.8, 4) is 0 Å². The maximum absolute atomic E-state index is 11.8. The van der Waals surface area contributed by atoms with Crippen LogP contribution in [0, 0.1) is 29.6 Å². The molecule has 0 radical (unpaired) electrons. The number of rotatable bonds is 13. The number of aliphatic carboxylic acids is 1. The molecule has 33 heavy (non-hydrogen) atoms. The van der Waals surface area contributed by atoms with Crippen LogP contribution in [0.1, 0.15) is 95.5 Å². The van der Waals surface area contributed by atoms with Crippen LogP contribution in [-0.2, 0) is 11.2 Å². The van der Waals surface area contributed by atoms with Gasteiger partial charge in [-0.05, 0) is 99.5 Å². The van der Waals surface area contributed by atoms with Crippen LogP contribution < -0.4 is 5.73 Å². The molecule has 0 bridgehead atoms. The van der Waals surface area contributed by atoms with Gasteiger partial charge in [0.1, 0.15) is 0 Å². The predicted molar refractivity (Wildman–Crippen MR) is 138 cm³/mol. The Balaban J connectivity index is 1.48. The van der Waals surface area contributed by atoms with Crippen molar-refractivity contribution >= 4 is 5.97 Å². The molecule has 184 valence electrons. The van der Waals surface area contributed by atoms with Gasteiger partial charge in [0.25, 0.3) is 0 Å². The van der Waals surface area contributed by atoms with Crippen LogP contribution in [0.25, 0.3) is 0 Å². The molecular weight excluding hydrogens is 406 g/mol. The van der Waals surface area contributed by atoms with E-state index in [1.807, 2.05) is 0 Å². The zero-order valence-electron chi connectivity index (χ0n) is 20.7. The van der Waals surface area contributed by atoms with E-state index in [1.54, 1.807) is 0 Å². The van der Waals surface area contributed by atoms with Crippen molar-refractivity contribution in [1.29, 1.82) is 0 Å². The Morgan fingerprint density at radius 1 is 0.879 bits per heavy atom. The summed E-state index contributed by atoms with van der Waals surface area (Å²) >= 11 is 0. The smallest absolute Gasteiger partial charge is 0.303 e. The third-order valence-corrected chi connectivity index (χ3v) is 8.50. The number of nitrogens with two attached hydrogens (primary N) is 1. The van der Waals surface area contributed by atoms with Crippen molar-refractivity contribution in [1.82, 2.24) is 0 Å². The lowest BCUT2D eigenvalue weighted by atomic mass is 9.62. The summed E-state index contributed by atoms with van der Waals surface area (Å²) < 4.78 is 0. The molecule has 4 unspecified atom stereocenters. The molecule has 1 aromatic rings. The summed E-state index contributed by atoms with van der Waals surface area (Å²) in [6.07, 6.45) is 22.9. The van der Waals surface area contributed by atoms with E-state index in [-0.39, 0.29) is 5.92 Å². The Kier molecular flexibility index (Phi) is 11.5. The zero-order chi connectivity index (χ0) is 23.3. The third-order valence-electron chi connectivity index (χ3n) is 8.50. The number of carboxylic acids is 1. The van der Waals surface area contributed by atoms with Gasteiger partial charge in [-0.3, -0.25) is 4.79 Å². The van der Waals surface area contributed by atoms with E-state index >= 15 is 0 Å². The molecule has 3 nitrogen and oxygen atoms in total. The van der Waals surface area contributed by atoms with Crippen LogP contribution in [0.5, 0.6) is 0 Å². The van der Waals surface area contributed by atoms with Crippen LogP contribution in [0.4, 0.5) is 0 Å². The molecule has 3 N–H and O–H groups in total. The molecule has 3 heteroatoms. The largest absolute Gasteiger partial charge is 0.481 e. The van der Waals surface area contributed by atoms with Crippen LogP contribution in [0.2, 0.25) is 0 Å². The Hall–Kier alpha value is -1.61. The Labute approximate surface area is 202 Å². The molecule has 0 saturated heterocycles. The minimum absolute atomic E-state index is 0.246. The number of hydrogen-bond donors (Lipinski definition) is 2. The molecule has 2 saturated carbocycles. The highest BCUT2D eigenvalue weighted by atomic mass is 16.4. The molecule has 0 heterocycles. The van der Waals surface area contributed by atoms with E-state index in [4.69, 9.17) is 5.73 Å². The fourth-order valence-corrected chi connectivity index (χ4v) is 6.79. The number of carbonyl (C=O) groups is 1. The van der Waals surface area contributed by atoms with E-state index in [1.165, 1.54) is 69.8 Å². The van der Waals surface area contributed by atoms with Crippen molar-refractivity contribution in [2.45, 2.75) is 96.3 Å². The van der Waals surface area contributed by atoms with Gasteiger partial charge < -0.3 is 10.8 Å². The molecular formula is C30H47NO2. The average Bonchev–Trinajstić information content (AvgIpc) is 2.82. The molecule has 1 aromatic carbocycles. The average molecular weight is 454 g/mol. The lowest BCUT2D eigenvalue weighted by molar-refractivity contribution is -0.140. The summed E-state index contributed by atoms with van der Waals surface area (Å²) in [7, 11) is 0. The highest BCUT2D eigenvalue weighted by Gasteiger charge is 2.39. The van der Waals surface area contributed by atoms with Gasteiger partial charge >= 0.3 is 5.97 Å². The first-order chi connectivity index (χ1) is 16.2. The second kappa shape index (κ2) is 14.6. The second-order valence-electron chi connectivity index (χ2n) is 10.8. The highest BCUT2D eigenvalue weighted by molar-refractivity contribution is 5.67. The lowest BCUT2D eigenvalue weighted by Gasteiger charge is -2.43. The maximum atomic E-state index is 11.8. The molecule has 0 aliphatic heterocycles. The normalized spacial score (nSPS) is 26.6. The quantitative estimate of drug-likeness (QED) is 0.242. The van der Waals surface area contributed by atoms with Crippen LogP contribution in [0.3, 0.4) is 0 Å². The lowest BCUT2D eigenvalue weighted by Crippen LogP contribution is -2.38. The summed E-state index contributed by atoms with van der Waals surface area (Å²) in [5.41, 5.74) is 7.36. The van der Waals surface area contributed by atoms with Crippen molar-refractivity contribution < 1.29 is 9.90 Å². The molecule has 2 fully saturated rings. The van der Waals surface area contributed by atoms with Gasteiger partial charge in [-0.2, -0.15) is 0 Å². The monoisotopic (exact) mass is 453 g/mol. The van der Waals surface area contributed by atoms with Crippen molar-refractivity contribution in [2.75, 3.05) is 6.54 Å². The van der Waals surface area contributed by atoms with Gasteiger partial charge in [0, 0.05) is 6.42 Å². The molecule has 0 amide bonds. The summed E-state index contributed by atoms with van der Waals surface area (Å²) in [5.74, 6) is 2.09. The second-order valence-corrected chi connectivity index (χ2v) is 10.8. The Morgan fingerprint density at radius 2 is 1.61 bits per heavy atom. The number of allylic oxidation sites excluding steroid dienone is 2. The molecule has 0 spiro atoms. The topological polar surface area (TPSA) is 63.3 Å². The Morgan fingerprint density at radius 3 is 2.33 bits per heavy atom. The number of carboxylic acid groups (broad SMARTS) is 1. The first-order valence-corrected chi connectivity index (χ1v) is 13.8. The minimum Gasteiger partial charge on any atom is -0.481 e. The summed E-state index contributed by atoms with van der Waals surface area (Å²) in [6.45, 7) is 0.663. The summed E-state index contributed by atoms with van der Waals surface area (Å²) in [5, 5.41) is 9.67. The molecule has 2 aliphatic carbocycles. The van der Waals surface area contributed by atoms with Crippen molar-refractivity contribution in [3.63, 3.8) is 0 Å². The standard InChI is InChI=1S/C30H47NO2/c31-21-20-28-26(17-11-3-1-2-6-12-24-13-7-4-8-14-24)18-19-27(29(28)23-30(32)33)22-25-15-9-5-10-16-25/h1-2,5,9-10,15-16,24,26-29H,3-4,6-8,11-14,17-23,31H2,(H,32,33). The van der Waals surface area contributed by atoms with Crippen LogP contribution >= 0.6 is 0 Å². The van der Waals surface area contributed by atoms with E-state index < -0.39 is 5.97 Å². The third kappa shape index (κ3) is 8.92. The van der Waals surface area contributed by atoms with Gasteiger partial charge in [0.05, 0.1) is 0 Å². The number of hydrogen-bond acceptors (Lipinski definition) is 2. The maximum Gasteiger partial charge on any atom is 0.303 e. The first-order valence-electron chi connectivity index (χ1n) is 13.8. The summed E-state index contributed by atoms with van der Waals surface area (Å²) in [6, 6.07) is 10.6. The van der Waals surface area contributed by atoms with Gasteiger partial charge in [0.15, 0.2) is 0 Å². The zero-order valence-corrected chi connectivity index (χ0v) is 20.7. The van der Waals surface area contributed by atoms with Crippen molar-refractivity contribution in [2.24, 2.45) is 35.3 Å². The molecule has 0 aromatic heterocycles. The van der Waals surface area contributed by atoms with Crippen LogP contribution in [-0.4, -0.2) is 17.6 Å². The summed E-state index contributed by atoms with van der Waals surface area (Å²) in [4.78, 5) is 11.8. The van der Waals surface area contributed by atoms with E-state index in [0.29, 0.717) is 30.7 Å². The predicted octanol–water partition coefficient (Wildman–Crippen LogP) is 7.40. The number of unbranched alkanes of at least 4 members (excludes halogenated alkanes) is 1. The van der Waals surface area contributed by atoms with E-state index in [0.717, 1.165) is 31.6 Å². The highest BCUT2D eigenvalue weighted by Crippen LogP contribution is 2.45. The molecule has 3 rings (SSSR count). The van der Waals surface area contributed by atoms with Gasteiger partial charge in [-0.1, -0.05) is 74.6 Å². The minimum atomic E-state index is -0.651. The van der Waals surface area contributed by atoms with Gasteiger partial charge in [0.2, 0.25) is 0 Å². The van der Waals surface area contributed by atoms with E-state index in [9.17, 15) is 9.90 Å². The Bertz CT molecular complexity index is 695. The first kappa shape index (κ1) is 26.0. The van der Waals surface area contributed by atoms with Gasteiger partial charge in [-0.15, -0.1) is 0 Å². The van der Waals surface area contributed by atoms with Crippen LogP contribution in [0.15, 0.2) is 42.5 Å². The van der Waals surface area contributed by atoms with Crippen molar-refractivity contribution in [3.05, 3.63) is 48.0 Å².